The first kappa shape index (κ1) is 21.0. The highest BCUT2D eigenvalue weighted by atomic mass is 16.5. The highest BCUT2D eigenvalue weighted by Gasteiger charge is 2.56. The van der Waals surface area contributed by atoms with Gasteiger partial charge in [0.25, 0.3) is 0 Å². The summed E-state index contributed by atoms with van der Waals surface area (Å²) >= 11 is 0. The Kier molecular flexibility index (Phi) is 5.42. The third-order valence-electron chi connectivity index (χ3n) is 8.04. The molecular formula is C27H35NO2. The van der Waals surface area contributed by atoms with E-state index in [1.54, 1.807) is 7.11 Å². The Morgan fingerprint density at radius 3 is 2.53 bits per heavy atom. The average molecular weight is 406 g/mol. The minimum absolute atomic E-state index is 0.00282. The molecule has 2 aromatic rings. The lowest BCUT2D eigenvalue weighted by Gasteiger charge is -2.55. The molecule has 3 heteroatoms. The maximum Gasteiger partial charge on any atom is 0.224 e. The van der Waals surface area contributed by atoms with Gasteiger partial charge >= 0.3 is 0 Å². The molecule has 0 spiro atoms. The molecule has 1 fully saturated rings. The summed E-state index contributed by atoms with van der Waals surface area (Å²) in [5.74, 6) is 1.52. The van der Waals surface area contributed by atoms with E-state index in [9.17, 15) is 4.79 Å². The van der Waals surface area contributed by atoms with Crippen LogP contribution in [0.5, 0.6) is 5.75 Å². The number of fused-ring (bicyclic) bond motifs is 3. The second-order valence-electron chi connectivity index (χ2n) is 9.98. The molecule has 0 unspecified atom stereocenters. The molecule has 0 aliphatic heterocycles. The molecule has 1 amide bonds. The minimum Gasteiger partial charge on any atom is -0.497 e. The van der Waals surface area contributed by atoms with Gasteiger partial charge in [-0.2, -0.15) is 0 Å². The first-order chi connectivity index (χ1) is 14.3. The van der Waals surface area contributed by atoms with Crippen LogP contribution < -0.4 is 10.5 Å². The van der Waals surface area contributed by atoms with E-state index in [1.807, 2.05) is 12.1 Å². The monoisotopic (exact) mass is 405 g/mol. The highest BCUT2D eigenvalue weighted by Crippen LogP contribution is 2.58. The Morgan fingerprint density at radius 2 is 1.90 bits per heavy atom. The van der Waals surface area contributed by atoms with Crippen LogP contribution in [0.3, 0.4) is 0 Å². The van der Waals surface area contributed by atoms with Crippen LogP contribution in [0.4, 0.5) is 0 Å². The zero-order valence-electron chi connectivity index (χ0n) is 18.8. The van der Waals surface area contributed by atoms with E-state index in [1.165, 1.54) is 22.3 Å². The van der Waals surface area contributed by atoms with Crippen LogP contribution in [0, 0.1) is 11.3 Å². The molecule has 0 aromatic heterocycles. The zero-order valence-corrected chi connectivity index (χ0v) is 18.8. The number of ether oxygens (including phenoxy) is 1. The fourth-order valence-electron chi connectivity index (χ4n) is 6.38. The van der Waals surface area contributed by atoms with Gasteiger partial charge in [0.1, 0.15) is 5.75 Å². The van der Waals surface area contributed by atoms with Crippen molar-refractivity contribution in [2.45, 2.75) is 70.6 Å². The summed E-state index contributed by atoms with van der Waals surface area (Å²) in [4.78, 5) is 13.1. The number of hydrogen-bond donors (Lipinski definition) is 1. The van der Waals surface area contributed by atoms with Gasteiger partial charge in [0.15, 0.2) is 0 Å². The van der Waals surface area contributed by atoms with Crippen LogP contribution in [0.15, 0.2) is 42.5 Å². The molecule has 0 heterocycles. The molecule has 3 nitrogen and oxygen atoms in total. The van der Waals surface area contributed by atoms with Crippen molar-refractivity contribution in [1.82, 2.24) is 0 Å². The number of benzene rings is 2. The number of amides is 1. The number of methoxy groups -OCH3 is 1. The largest absolute Gasteiger partial charge is 0.497 e. The van der Waals surface area contributed by atoms with E-state index < -0.39 is 5.41 Å². The second-order valence-corrected chi connectivity index (χ2v) is 9.98. The number of primary amides is 1. The summed E-state index contributed by atoms with van der Waals surface area (Å²) in [5.41, 5.74) is 11.2. The Bertz CT molecular complexity index is 932. The Labute approximate surface area is 181 Å². The average Bonchev–Trinajstić information content (AvgIpc) is 2.73. The van der Waals surface area contributed by atoms with Gasteiger partial charge < -0.3 is 10.5 Å². The molecule has 0 saturated heterocycles. The third-order valence-corrected chi connectivity index (χ3v) is 8.04. The summed E-state index contributed by atoms with van der Waals surface area (Å²) in [7, 11) is 1.68. The lowest BCUT2D eigenvalue weighted by atomic mass is 9.48. The number of hydrogen-bond acceptors (Lipinski definition) is 2. The van der Waals surface area contributed by atoms with E-state index in [2.05, 4.69) is 51.1 Å². The van der Waals surface area contributed by atoms with Crippen molar-refractivity contribution in [3.05, 3.63) is 64.7 Å². The number of carbonyl (C=O) groups excluding carboxylic acids is 1. The maximum absolute atomic E-state index is 13.1. The Morgan fingerprint density at radius 1 is 1.17 bits per heavy atom. The number of carbonyl (C=O) groups is 1. The minimum atomic E-state index is -0.490. The molecule has 30 heavy (non-hydrogen) atoms. The predicted molar refractivity (Wildman–Crippen MR) is 122 cm³/mol. The molecule has 160 valence electrons. The predicted octanol–water partition coefficient (Wildman–Crippen LogP) is 5.54. The third kappa shape index (κ3) is 3.33. The van der Waals surface area contributed by atoms with Crippen LogP contribution in [-0.4, -0.2) is 13.0 Å². The molecule has 0 bridgehead atoms. The first-order valence-electron chi connectivity index (χ1n) is 11.4. The maximum atomic E-state index is 13.1. The SMILES string of the molecule is COc1ccc(C[C@@]2(C(N)=O)CCC[C@]3(C)c4ccc(C(C)C)cc4CC[C@@H]23)cc1. The van der Waals surface area contributed by atoms with Crippen molar-refractivity contribution in [3.8, 4) is 5.75 Å². The molecule has 4 rings (SSSR count). The fourth-order valence-corrected chi connectivity index (χ4v) is 6.38. The molecule has 2 aliphatic rings. The summed E-state index contributed by atoms with van der Waals surface area (Å²) < 4.78 is 5.31. The number of rotatable bonds is 5. The molecule has 2 N–H and O–H groups in total. The highest BCUT2D eigenvalue weighted by molar-refractivity contribution is 5.82. The van der Waals surface area contributed by atoms with Gasteiger partial charge in [0.2, 0.25) is 5.91 Å². The van der Waals surface area contributed by atoms with E-state index in [0.29, 0.717) is 12.3 Å². The van der Waals surface area contributed by atoms with Gasteiger partial charge in [-0.3, -0.25) is 4.79 Å². The van der Waals surface area contributed by atoms with Crippen LogP contribution in [0.2, 0.25) is 0 Å². The van der Waals surface area contributed by atoms with Crippen LogP contribution >= 0.6 is 0 Å². The summed E-state index contributed by atoms with van der Waals surface area (Å²) in [6.45, 7) is 6.89. The van der Waals surface area contributed by atoms with Gasteiger partial charge in [-0.25, -0.2) is 0 Å². The van der Waals surface area contributed by atoms with Gasteiger partial charge in [-0.05, 0) is 83.7 Å². The summed E-state index contributed by atoms with van der Waals surface area (Å²) in [5, 5.41) is 0. The van der Waals surface area contributed by atoms with Crippen molar-refractivity contribution < 1.29 is 9.53 Å². The van der Waals surface area contributed by atoms with Crippen LogP contribution in [-0.2, 0) is 23.1 Å². The van der Waals surface area contributed by atoms with Crippen molar-refractivity contribution in [2.24, 2.45) is 17.1 Å². The van der Waals surface area contributed by atoms with E-state index in [-0.39, 0.29) is 17.2 Å². The quantitative estimate of drug-likeness (QED) is 0.710. The lowest BCUT2D eigenvalue weighted by Crippen LogP contribution is -2.56. The van der Waals surface area contributed by atoms with Gasteiger partial charge in [-0.15, -0.1) is 0 Å². The molecule has 2 aliphatic carbocycles. The van der Waals surface area contributed by atoms with E-state index >= 15 is 0 Å². The Balaban J connectivity index is 1.74. The summed E-state index contributed by atoms with van der Waals surface area (Å²) in [6.07, 6.45) is 5.83. The van der Waals surface area contributed by atoms with Gasteiger partial charge in [-0.1, -0.05) is 57.5 Å². The molecule has 2 aromatic carbocycles. The molecule has 1 saturated carbocycles. The van der Waals surface area contributed by atoms with Crippen molar-refractivity contribution in [2.75, 3.05) is 7.11 Å². The standard InChI is InChI=1S/C27H35NO2/c1-18(2)20-8-12-23-21(16-20)9-13-24-26(23,3)14-5-15-27(24,25(28)29)17-19-6-10-22(30-4)11-7-19/h6-8,10-12,16,18,24H,5,9,13-15,17H2,1-4H3,(H2,28,29)/t24-,26-,27+/m1/s1. The fraction of sp³-hybridized carbons (Fsp3) is 0.519. The number of nitrogens with two attached hydrogens (primary N) is 1. The second kappa shape index (κ2) is 7.76. The van der Waals surface area contributed by atoms with Crippen molar-refractivity contribution in [1.29, 1.82) is 0 Å². The number of aryl methyl sites for hydroxylation is 1. The molecule has 3 atom stereocenters. The molecular weight excluding hydrogens is 370 g/mol. The van der Waals surface area contributed by atoms with Crippen LogP contribution in [0.1, 0.15) is 74.6 Å². The first-order valence-corrected chi connectivity index (χ1v) is 11.4. The topological polar surface area (TPSA) is 52.3 Å². The summed E-state index contributed by atoms with van der Waals surface area (Å²) in [6, 6.07) is 15.2. The van der Waals surface area contributed by atoms with Crippen LogP contribution in [0.25, 0.3) is 0 Å². The Hall–Kier alpha value is -2.29. The van der Waals surface area contributed by atoms with Crippen molar-refractivity contribution >= 4 is 5.91 Å². The van der Waals surface area contributed by atoms with Crippen molar-refractivity contribution in [3.63, 3.8) is 0 Å². The van der Waals surface area contributed by atoms with E-state index in [0.717, 1.165) is 37.9 Å². The van der Waals surface area contributed by atoms with Gasteiger partial charge in [0, 0.05) is 0 Å². The van der Waals surface area contributed by atoms with Gasteiger partial charge in [0.05, 0.1) is 12.5 Å². The normalized spacial score (nSPS) is 28.0. The van der Waals surface area contributed by atoms with E-state index in [4.69, 9.17) is 10.5 Å². The smallest absolute Gasteiger partial charge is 0.224 e. The molecule has 0 radical (unpaired) electrons. The lowest BCUT2D eigenvalue weighted by molar-refractivity contribution is -0.137. The zero-order chi connectivity index (χ0) is 21.5.